The molecule has 5 nitrogen and oxygen atoms in total. The van der Waals surface area contributed by atoms with Gasteiger partial charge in [0.1, 0.15) is 0 Å². The van der Waals surface area contributed by atoms with Gasteiger partial charge in [-0.3, -0.25) is 4.79 Å². The third kappa shape index (κ3) is 3.93. The molecule has 0 radical (unpaired) electrons. The van der Waals surface area contributed by atoms with Gasteiger partial charge in [0, 0.05) is 31.7 Å². The average molecular weight is 338 g/mol. The topological polar surface area (TPSA) is 57.7 Å². The molecule has 0 aromatic heterocycles. The van der Waals surface area contributed by atoms with Crippen LogP contribution in [-0.2, 0) is 10.0 Å². The molecule has 1 saturated heterocycles. The minimum Gasteiger partial charge on any atom is -0.336 e. The zero-order valence-corrected chi connectivity index (χ0v) is 15.2. The minimum atomic E-state index is -3.17. The molecule has 1 heterocycles. The molecular formula is C17H26N2O3S. The monoisotopic (exact) mass is 338 g/mol. The van der Waals surface area contributed by atoms with Crippen molar-refractivity contribution in [3.8, 4) is 0 Å². The van der Waals surface area contributed by atoms with Gasteiger partial charge in [0.2, 0.25) is 10.0 Å². The molecule has 128 valence electrons. The van der Waals surface area contributed by atoms with Gasteiger partial charge >= 0.3 is 0 Å². The molecule has 0 N–H and O–H groups in total. The first-order valence-corrected chi connectivity index (χ1v) is 9.72. The van der Waals surface area contributed by atoms with Crippen molar-refractivity contribution >= 4 is 15.9 Å². The summed E-state index contributed by atoms with van der Waals surface area (Å²) in [6, 6.07) is 3.97. The van der Waals surface area contributed by atoms with Gasteiger partial charge in [-0.15, -0.1) is 0 Å². The summed E-state index contributed by atoms with van der Waals surface area (Å²) in [5.74, 6) is 0.176. The van der Waals surface area contributed by atoms with Crippen molar-refractivity contribution in [3.63, 3.8) is 0 Å². The number of carbonyl (C=O) groups is 1. The second kappa shape index (κ2) is 7.01. The largest absolute Gasteiger partial charge is 0.336 e. The molecule has 0 bridgehead atoms. The summed E-state index contributed by atoms with van der Waals surface area (Å²) in [5, 5.41) is 0. The highest BCUT2D eigenvalue weighted by molar-refractivity contribution is 7.89. The van der Waals surface area contributed by atoms with Crippen molar-refractivity contribution in [2.75, 3.05) is 31.9 Å². The van der Waals surface area contributed by atoms with Crippen molar-refractivity contribution in [1.82, 2.24) is 9.21 Å². The molecule has 0 saturated carbocycles. The Morgan fingerprint density at radius 2 is 1.57 bits per heavy atom. The highest BCUT2D eigenvalue weighted by Gasteiger charge is 2.29. The van der Waals surface area contributed by atoms with Gasteiger partial charge in [-0.05, 0) is 49.9 Å². The normalized spacial score (nSPS) is 16.6. The molecule has 0 aliphatic carbocycles. The predicted molar refractivity (Wildman–Crippen MR) is 92.2 cm³/mol. The van der Waals surface area contributed by atoms with Crippen LogP contribution >= 0.6 is 0 Å². The summed E-state index contributed by atoms with van der Waals surface area (Å²) in [4.78, 5) is 14.5. The fourth-order valence-electron chi connectivity index (χ4n) is 2.92. The third-order valence-electron chi connectivity index (χ3n) is 4.45. The fourth-order valence-corrected chi connectivity index (χ4v) is 4.41. The second-order valence-corrected chi connectivity index (χ2v) is 8.35. The van der Waals surface area contributed by atoms with E-state index in [1.807, 2.05) is 39.8 Å². The van der Waals surface area contributed by atoms with E-state index in [1.54, 1.807) is 4.90 Å². The lowest BCUT2D eigenvalue weighted by Crippen LogP contribution is -2.51. The summed E-state index contributed by atoms with van der Waals surface area (Å²) >= 11 is 0. The maximum Gasteiger partial charge on any atom is 0.254 e. The van der Waals surface area contributed by atoms with Crippen LogP contribution in [0.25, 0.3) is 0 Å². The average Bonchev–Trinajstić information content (AvgIpc) is 2.50. The Balaban J connectivity index is 2.09. The van der Waals surface area contributed by atoms with E-state index in [-0.39, 0.29) is 11.7 Å². The Hall–Kier alpha value is -1.40. The summed E-state index contributed by atoms with van der Waals surface area (Å²) in [5.41, 5.74) is 3.97. The molecular weight excluding hydrogens is 312 g/mol. The lowest BCUT2D eigenvalue weighted by atomic mass is 10.00. The molecule has 0 atom stereocenters. The molecule has 6 heteroatoms. The predicted octanol–water partition coefficient (Wildman–Crippen LogP) is 2.11. The molecule has 1 aromatic rings. The Labute approximate surface area is 139 Å². The lowest BCUT2D eigenvalue weighted by Gasteiger charge is -2.34. The molecule has 1 aliphatic rings. The first kappa shape index (κ1) is 17.9. The van der Waals surface area contributed by atoms with Crippen molar-refractivity contribution in [3.05, 3.63) is 34.4 Å². The van der Waals surface area contributed by atoms with Crippen LogP contribution in [0.3, 0.4) is 0 Å². The Morgan fingerprint density at radius 1 is 1.00 bits per heavy atom. The maximum absolute atomic E-state index is 12.7. The van der Waals surface area contributed by atoms with E-state index in [9.17, 15) is 13.2 Å². The maximum atomic E-state index is 12.7. The zero-order chi connectivity index (χ0) is 17.2. The molecule has 1 fully saturated rings. The number of amides is 1. The van der Waals surface area contributed by atoms with Gasteiger partial charge in [0.25, 0.3) is 5.91 Å². The van der Waals surface area contributed by atoms with Crippen molar-refractivity contribution in [2.45, 2.75) is 34.1 Å². The van der Waals surface area contributed by atoms with Gasteiger partial charge < -0.3 is 4.90 Å². The van der Waals surface area contributed by atoms with Crippen molar-refractivity contribution in [2.24, 2.45) is 0 Å². The van der Waals surface area contributed by atoms with Gasteiger partial charge in [0.15, 0.2) is 0 Å². The van der Waals surface area contributed by atoms with E-state index < -0.39 is 10.0 Å². The number of carbonyl (C=O) groups excluding carboxylic acids is 1. The Kier molecular flexibility index (Phi) is 5.47. The Bertz CT molecular complexity index is 690. The first-order chi connectivity index (χ1) is 10.8. The van der Waals surface area contributed by atoms with Crippen LogP contribution in [-0.4, -0.2) is 55.5 Å². The van der Waals surface area contributed by atoms with Crippen LogP contribution in [0.2, 0.25) is 0 Å². The SMILES string of the molecule is CCCS(=O)(=O)N1CCN(C(=O)c2cc(C)c(C)cc2C)CC1. The molecule has 23 heavy (non-hydrogen) atoms. The van der Waals surface area contributed by atoms with Gasteiger partial charge in [0.05, 0.1) is 5.75 Å². The molecule has 1 aliphatic heterocycles. The first-order valence-electron chi connectivity index (χ1n) is 8.11. The van der Waals surface area contributed by atoms with Crippen LogP contribution < -0.4 is 0 Å². The number of benzene rings is 1. The number of nitrogens with zero attached hydrogens (tertiary/aromatic N) is 2. The second-order valence-electron chi connectivity index (χ2n) is 6.26. The number of aryl methyl sites for hydroxylation is 3. The van der Waals surface area contributed by atoms with E-state index in [4.69, 9.17) is 0 Å². The number of rotatable bonds is 4. The minimum absolute atomic E-state index is 0.00172. The van der Waals surface area contributed by atoms with Crippen molar-refractivity contribution in [1.29, 1.82) is 0 Å². The number of piperazine rings is 1. The fraction of sp³-hybridized carbons (Fsp3) is 0.588. The lowest BCUT2D eigenvalue weighted by molar-refractivity contribution is 0.0697. The van der Waals surface area contributed by atoms with Crippen molar-refractivity contribution < 1.29 is 13.2 Å². The van der Waals surface area contributed by atoms with Crippen LogP contribution in [0.15, 0.2) is 12.1 Å². The van der Waals surface area contributed by atoms with E-state index in [0.29, 0.717) is 32.6 Å². The van der Waals surface area contributed by atoms with Crippen LogP contribution in [0.1, 0.15) is 40.4 Å². The van der Waals surface area contributed by atoms with E-state index >= 15 is 0 Å². The van der Waals surface area contributed by atoms with Gasteiger partial charge in [-0.25, -0.2) is 8.42 Å². The highest BCUT2D eigenvalue weighted by atomic mass is 32.2. The summed E-state index contributed by atoms with van der Waals surface area (Å²) in [6.07, 6.45) is 0.614. The standard InChI is InChI=1S/C17H26N2O3S/c1-5-10-23(21,22)19-8-6-18(7-9-19)17(20)16-12-14(3)13(2)11-15(16)4/h11-12H,5-10H2,1-4H3. The van der Waals surface area contributed by atoms with Crippen LogP contribution in [0, 0.1) is 20.8 Å². The molecule has 2 rings (SSSR count). The number of hydrogen-bond donors (Lipinski definition) is 0. The molecule has 0 spiro atoms. The highest BCUT2D eigenvalue weighted by Crippen LogP contribution is 2.19. The molecule has 1 aromatic carbocycles. The van der Waals surface area contributed by atoms with Crippen LogP contribution in [0.5, 0.6) is 0 Å². The summed E-state index contributed by atoms with van der Waals surface area (Å²) < 4.78 is 25.7. The van der Waals surface area contributed by atoms with Crippen LogP contribution in [0.4, 0.5) is 0 Å². The smallest absolute Gasteiger partial charge is 0.254 e. The summed E-state index contributed by atoms with van der Waals surface area (Å²) in [6.45, 7) is 9.52. The van der Waals surface area contributed by atoms with E-state index in [1.165, 1.54) is 9.87 Å². The van der Waals surface area contributed by atoms with E-state index in [0.717, 1.165) is 16.7 Å². The van der Waals surface area contributed by atoms with Gasteiger partial charge in [-0.2, -0.15) is 4.31 Å². The summed E-state index contributed by atoms with van der Waals surface area (Å²) in [7, 11) is -3.17. The zero-order valence-electron chi connectivity index (χ0n) is 14.4. The number of sulfonamides is 1. The quantitative estimate of drug-likeness (QED) is 0.845. The molecule has 0 unspecified atom stereocenters. The van der Waals surface area contributed by atoms with Gasteiger partial charge in [-0.1, -0.05) is 13.0 Å². The number of hydrogen-bond acceptors (Lipinski definition) is 3. The third-order valence-corrected chi connectivity index (χ3v) is 6.53. The Morgan fingerprint density at radius 3 is 2.13 bits per heavy atom. The molecule has 1 amide bonds. The van der Waals surface area contributed by atoms with E-state index in [2.05, 4.69) is 0 Å².